The summed E-state index contributed by atoms with van der Waals surface area (Å²) in [5, 5.41) is 8.98. The highest BCUT2D eigenvalue weighted by Crippen LogP contribution is 2.11. The van der Waals surface area contributed by atoms with Crippen molar-refractivity contribution in [1.82, 2.24) is 5.32 Å². The zero-order valence-corrected chi connectivity index (χ0v) is 11.6. The lowest BCUT2D eigenvalue weighted by atomic mass is 10.2. The molecule has 2 N–H and O–H groups in total. The maximum absolute atomic E-state index is 11.5. The fraction of sp³-hybridized carbons (Fsp3) is 0.500. The zero-order chi connectivity index (χ0) is 13.6. The number of hydrogen-bond acceptors (Lipinski definition) is 4. The molecule has 0 radical (unpaired) electrons. The van der Waals surface area contributed by atoms with Gasteiger partial charge in [-0.1, -0.05) is 0 Å². The topological polar surface area (TPSA) is 67.4 Å². The molecular weight excluding hydrogens is 252 g/mol. The number of anilines is 1. The lowest BCUT2D eigenvalue weighted by molar-refractivity contribution is -0.116. The average molecular weight is 270 g/mol. The van der Waals surface area contributed by atoms with Gasteiger partial charge in [-0.3, -0.25) is 4.79 Å². The number of amides is 2. The van der Waals surface area contributed by atoms with E-state index in [0.717, 1.165) is 5.69 Å². The Balaban J connectivity index is 2.18. The van der Waals surface area contributed by atoms with Gasteiger partial charge in [0.1, 0.15) is 5.60 Å². The SMILES string of the molecule is CC(C)(C)OC(=O)NCCC(=O)Nc1ccsc1. The van der Waals surface area contributed by atoms with Crippen LogP contribution in [0.25, 0.3) is 0 Å². The van der Waals surface area contributed by atoms with Gasteiger partial charge in [0.15, 0.2) is 0 Å². The van der Waals surface area contributed by atoms with E-state index in [9.17, 15) is 9.59 Å². The Kier molecular flexibility index (Phi) is 5.15. The van der Waals surface area contributed by atoms with Crippen molar-refractivity contribution in [3.63, 3.8) is 0 Å². The normalized spacial score (nSPS) is 10.8. The molecular formula is C12H18N2O3S. The summed E-state index contributed by atoms with van der Waals surface area (Å²) < 4.78 is 5.05. The Morgan fingerprint density at radius 2 is 2.11 bits per heavy atom. The van der Waals surface area contributed by atoms with Crippen molar-refractivity contribution in [2.45, 2.75) is 32.8 Å². The van der Waals surface area contributed by atoms with Gasteiger partial charge in [0.05, 0.1) is 5.69 Å². The third-order valence-corrected chi connectivity index (χ3v) is 2.51. The Morgan fingerprint density at radius 3 is 2.67 bits per heavy atom. The molecule has 1 aromatic heterocycles. The van der Waals surface area contributed by atoms with Crippen molar-refractivity contribution < 1.29 is 14.3 Å². The van der Waals surface area contributed by atoms with Crippen LogP contribution in [0.1, 0.15) is 27.2 Å². The smallest absolute Gasteiger partial charge is 0.407 e. The van der Waals surface area contributed by atoms with E-state index in [-0.39, 0.29) is 18.9 Å². The lowest BCUT2D eigenvalue weighted by Crippen LogP contribution is -2.34. The molecule has 100 valence electrons. The molecule has 18 heavy (non-hydrogen) atoms. The van der Waals surface area contributed by atoms with Gasteiger partial charge in [0, 0.05) is 18.3 Å². The van der Waals surface area contributed by atoms with Crippen LogP contribution in [0.5, 0.6) is 0 Å². The lowest BCUT2D eigenvalue weighted by Gasteiger charge is -2.19. The molecule has 0 spiro atoms. The first-order valence-corrected chi connectivity index (χ1v) is 6.60. The first-order chi connectivity index (χ1) is 8.37. The van der Waals surface area contributed by atoms with Crippen LogP contribution in [0.2, 0.25) is 0 Å². The second-order valence-corrected chi connectivity index (χ2v) is 5.52. The highest BCUT2D eigenvalue weighted by atomic mass is 32.1. The minimum absolute atomic E-state index is 0.135. The molecule has 0 aromatic carbocycles. The second-order valence-electron chi connectivity index (χ2n) is 4.74. The minimum atomic E-state index is -0.525. The van der Waals surface area contributed by atoms with Gasteiger partial charge in [-0.25, -0.2) is 4.79 Å². The summed E-state index contributed by atoms with van der Waals surface area (Å²) >= 11 is 1.51. The van der Waals surface area contributed by atoms with Crippen LogP contribution in [-0.2, 0) is 9.53 Å². The molecule has 0 saturated heterocycles. The van der Waals surface area contributed by atoms with Gasteiger partial charge in [0.25, 0.3) is 0 Å². The van der Waals surface area contributed by atoms with Gasteiger partial charge in [-0.15, -0.1) is 0 Å². The average Bonchev–Trinajstić information content (AvgIpc) is 2.67. The molecule has 0 bridgehead atoms. The summed E-state index contributed by atoms with van der Waals surface area (Å²) in [5.41, 5.74) is 0.255. The number of ether oxygens (including phenoxy) is 1. The highest BCUT2D eigenvalue weighted by molar-refractivity contribution is 7.08. The van der Waals surface area contributed by atoms with E-state index in [0.29, 0.717) is 0 Å². The number of carbonyl (C=O) groups excluding carboxylic acids is 2. The van der Waals surface area contributed by atoms with E-state index in [1.54, 1.807) is 20.8 Å². The van der Waals surface area contributed by atoms with Gasteiger partial charge in [-0.2, -0.15) is 11.3 Å². The van der Waals surface area contributed by atoms with Crippen LogP contribution in [0.4, 0.5) is 10.5 Å². The van der Waals surface area contributed by atoms with E-state index in [2.05, 4.69) is 10.6 Å². The molecule has 0 aliphatic rings. The fourth-order valence-electron chi connectivity index (χ4n) is 1.15. The summed E-state index contributed by atoms with van der Waals surface area (Å²) in [5.74, 6) is -0.135. The molecule has 1 rings (SSSR count). The van der Waals surface area contributed by atoms with E-state index >= 15 is 0 Å². The summed E-state index contributed by atoms with van der Waals surface area (Å²) in [4.78, 5) is 22.8. The number of nitrogens with one attached hydrogen (secondary N) is 2. The molecule has 0 aliphatic heterocycles. The molecule has 1 aromatic rings. The van der Waals surface area contributed by atoms with E-state index in [4.69, 9.17) is 4.74 Å². The Bertz CT molecular complexity index is 396. The second kappa shape index (κ2) is 6.39. The number of rotatable bonds is 4. The Labute approximate surface area is 111 Å². The maximum Gasteiger partial charge on any atom is 0.407 e. The molecule has 0 atom stereocenters. The van der Waals surface area contributed by atoms with E-state index < -0.39 is 11.7 Å². The highest BCUT2D eigenvalue weighted by Gasteiger charge is 2.15. The summed E-state index contributed by atoms with van der Waals surface area (Å²) in [6, 6.07) is 1.82. The van der Waals surface area contributed by atoms with Crippen LogP contribution in [0.15, 0.2) is 16.8 Å². The number of alkyl carbamates (subject to hydrolysis) is 1. The van der Waals surface area contributed by atoms with Gasteiger partial charge >= 0.3 is 6.09 Å². The quantitative estimate of drug-likeness (QED) is 0.883. The molecule has 0 aliphatic carbocycles. The number of carbonyl (C=O) groups is 2. The molecule has 1 heterocycles. The zero-order valence-electron chi connectivity index (χ0n) is 10.8. The van der Waals surface area contributed by atoms with Crippen molar-refractivity contribution in [2.24, 2.45) is 0 Å². The van der Waals surface area contributed by atoms with Crippen LogP contribution < -0.4 is 10.6 Å². The summed E-state index contributed by atoms with van der Waals surface area (Å²) in [6.45, 7) is 5.62. The fourth-order valence-corrected chi connectivity index (χ4v) is 1.74. The van der Waals surface area contributed by atoms with Crippen LogP contribution in [0.3, 0.4) is 0 Å². The van der Waals surface area contributed by atoms with Crippen molar-refractivity contribution in [3.8, 4) is 0 Å². The molecule has 0 saturated carbocycles. The van der Waals surface area contributed by atoms with E-state index in [1.165, 1.54) is 11.3 Å². The number of hydrogen-bond donors (Lipinski definition) is 2. The third-order valence-electron chi connectivity index (χ3n) is 1.83. The molecule has 2 amide bonds. The first kappa shape index (κ1) is 14.5. The molecule has 6 heteroatoms. The third kappa shape index (κ3) is 6.24. The van der Waals surface area contributed by atoms with Crippen molar-refractivity contribution in [1.29, 1.82) is 0 Å². The maximum atomic E-state index is 11.5. The van der Waals surface area contributed by atoms with Crippen LogP contribution in [0, 0.1) is 0 Å². The van der Waals surface area contributed by atoms with Gasteiger partial charge < -0.3 is 15.4 Å². The van der Waals surface area contributed by atoms with Gasteiger partial charge in [0.2, 0.25) is 5.91 Å². The summed E-state index contributed by atoms with van der Waals surface area (Å²) in [7, 11) is 0. The van der Waals surface area contributed by atoms with E-state index in [1.807, 2.05) is 16.8 Å². The van der Waals surface area contributed by atoms with Crippen LogP contribution >= 0.6 is 11.3 Å². The largest absolute Gasteiger partial charge is 0.444 e. The Morgan fingerprint density at radius 1 is 1.39 bits per heavy atom. The standard InChI is InChI=1S/C12H18N2O3S/c1-12(2,3)17-11(16)13-6-4-10(15)14-9-5-7-18-8-9/h5,7-8H,4,6H2,1-3H3,(H,13,16)(H,14,15). The molecule has 0 unspecified atom stereocenters. The molecule has 5 nitrogen and oxygen atoms in total. The van der Waals surface area contributed by atoms with Crippen molar-refractivity contribution in [3.05, 3.63) is 16.8 Å². The van der Waals surface area contributed by atoms with Crippen molar-refractivity contribution in [2.75, 3.05) is 11.9 Å². The number of thiophene rings is 1. The first-order valence-electron chi connectivity index (χ1n) is 5.66. The predicted molar refractivity (Wildman–Crippen MR) is 71.8 cm³/mol. The predicted octanol–water partition coefficient (Wildman–Crippen LogP) is 2.60. The van der Waals surface area contributed by atoms with Crippen molar-refractivity contribution >= 4 is 29.0 Å². The summed E-state index contributed by atoms with van der Waals surface area (Å²) in [6.07, 6.45) is -0.291. The minimum Gasteiger partial charge on any atom is -0.444 e. The monoisotopic (exact) mass is 270 g/mol. The Hall–Kier alpha value is -1.56. The molecule has 0 fully saturated rings. The van der Waals surface area contributed by atoms with Gasteiger partial charge in [-0.05, 0) is 32.2 Å². The van der Waals surface area contributed by atoms with Crippen LogP contribution in [-0.4, -0.2) is 24.1 Å².